The van der Waals surface area contributed by atoms with Crippen LogP contribution in [0.25, 0.3) is 21.6 Å². The molecule has 3 heterocycles. The standard InChI is InChI=1S/C10H10N8O9P2/c11-9-14-6-3(7(21)15-9)13-10(16-17-12)18(6)8-5(20)4(19)2(26-8)1-25-29(24)27-28(22)23/h2,4-5,8,19-20H,1H2,(H2-2,11,14,15,21,22,23)/p+2/t2-,4-,5-,8-/m1/s1. The van der Waals surface area contributed by atoms with Gasteiger partial charge >= 0.3 is 16.5 Å². The first-order chi connectivity index (χ1) is 13.7. The molecule has 2 aromatic rings. The third kappa shape index (κ3) is 4.23. The third-order valence-electron chi connectivity index (χ3n) is 3.76. The van der Waals surface area contributed by atoms with E-state index in [1.54, 1.807) is 0 Å². The number of hydrogen-bond acceptors (Lipinski definition) is 12. The van der Waals surface area contributed by atoms with Crippen LogP contribution in [0.2, 0.25) is 0 Å². The molecule has 3 rings (SSSR count). The highest BCUT2D eigenvalue weighted by atomic mass is 31.2. The van der Waals surface area contributed by atoms with Gasteiger partial charge in [-0.1, -0.05) is 0 Å². The van der Waals surface area contributed by atoms with Gasteiger partial charge in [-0.3, -0.25) is 14.3 Å². The van der Waals surface area contributed by atoms with Gasteiger partial charge in [0.2, 0.25) is 11.9 Å². The molecule has 0 amide bonds. The molecule has 1 saturated heterocycles. The summed E-state index contributed by atoms with van der Waals surface area (Å²) < 4.78 is 36.9. The lowest BCUT2D eigenvalue weighted by Crippen LogP contribution is -2.33. The topological polar surface area (TPSA) is 261 Å². The van der Waals surface area contributed by atoms with E-state index in [-0.39, 0.29) is 17.1 Å². The number of imidazole rings is 1. The lowest BCUT2D eigenvalue weighted by molar-refractivity contribution is -0.0466. The van der Waals surface area contributed by atoms with Crippen molar-refractivity contribution in [3.8, 4) is 0 Å². The maximum absolute atomic E-state index is 12.0. The number of nitrogens with zero attached hydrogens (tertiary/aromatic N) is 6. The molecule has 1 aliphatic rings. The van der Waals surface area contributed by atoms with Crippen LogP contribution in [0.15, 0.2) is 9.91 Å². The van der Waals surface area contributed by atoms with Crippen molar-refractivity contribution in [2.24, 2.45) is 5.11 Å². The van der Waals surface area contributed by atoms with Crippen molar-refractivity contribution >= 4 is 39.6 Å². The zero-order valence-electron chi connectivity index (χ0n) is 14.0. The molecule has 154 valence electrons. The predicted molar refractivity (Wildman–Crippen MR) is 91.8 cm³/mol. The Morgan fingerprint density at radius 1 is 1.38 bits per heavy atom. The molecule has 1 aliphatic heterocycles. The van der Waals surface area contributed by atoms with Crippen molar-refractivity contribution < 1.29 is 37.8 Å². The summed E-state index contributed by atoms with van der Waals surface area (Å²) in [5, 5.41) is 23.8. The first kappa shape index (κ1) is 21.1. The zero-order valence-corrected chi connectivity index (χ0v) is 15.8. The van der Waals surface area contributed by atoms with Crippen molar-refractivity contribution in [2.45, 2.75) is 24.5 Å². The second-order valence-corrected chi connectivity index (χ2v) is 7.31. The van der Waals surface area contributed by atoms with E-state index in [9.17, 15) is 24.1 Å². The van der Waals surface area contributed by atoms with Gasteiger partial charge in [0.1, 0.15) is 24.9 Å². The quantitative estimate of drug-likeness (QED) is 0.156. The van der Waals surface area contributed by atoms with E-state index in [0.717, 1.165) is 4.57 Å². The number of azide groups is 1. The summed E-state index contributed by atoms with van der Waals surface area (Å²) in [6, 6.07) is 0. The van der Waals surface area contributed by atoms with Crippen molar-refractivity contribution in [1.29, 1.82) is 0 Å². The number of H-pyrrole nitrogens is 1. The van der Waals surface area contributed by atoms with Crippen LogP contribution < -0.4 is 11.3 Å². The summed E-state index contributed by atoms with van der Waals surface area (Å²) in [4.78, 5) is 33.0. The molecule has 0 spiro atoms. The van der Waals surface area contributed by atoms with Gasteiger partial charge in [-0.05, 0) is 10.6 Å². The smallest absolute Gasteiger partial charge is 0.387 e. The number of fused-ring (bicyclic) bond motifs is 1. The Morgan fingerprint density at radius 3 is 2.76 bits per heavy atom. The Balaban J connectivity index is 1.94. The van der Waals surface area contributed by atoms with Crippen molar-refractivity contribution in [1.82, 2.24) is 19.5 Å². The summed E-state index contributed by atoms with van der Waals surface area (Å²) in [6.07, 6.45) is -5.98. The van der Waals surface area contributed by atoms with E-state index < -0.39 is 59.2 Å². The molecule has 6 N–H and O–H groups in total. The molecule has 0 aliphatic carbocycles. The normalized spacial score (nSPS) is 25.1. The van der Waals surface area contributed by atoms with Gasteiger partial charge in [0, 0.05) is 14.0 Å². The number of aliphatic hydroxyl groups is 2. The first-order valence-corrected chi connectivity index (χ1v) is 9.74. The average molecular weight is 450 g/mol. The van der Waals surface area contributed by atoms with Gasteiger partial charge in [0.25, 0.3) is 5.56 Å². The highest BCUT2D eigenvalue weighted by Gasteiger charge is 2.47. The van der Waals surface area contributed by atoms with E-state index in [1.807, 2.05) is 0 Å². The second-order valence-electron chi connectivity index (χ2n) is 5.48. The van der Waals surface area contributed by atoms with Crippen LogP contribution in [0.1, 0.15) is 6.23 Å². The number of anilines is 1. The molecule has 29 heavy (non-hydrogen) atoms. The molecular weight excluding hydrogens is 438 g/mol. The SMILES string of the molecule is [N-]=[N+]=Nc1nc2c(=O)[nH]c(N)nc2n1[C@@H]1O[C@H](CO[P+](=O)O[P+](=O)O)[C@@H](O)[C@H]1O. The van der Waals surface area contributed by atoms with E-state index in [1.165, 1.54) is 0 Å². The minimum atomic E-state index is -3.18. The van der Waals surface area contributed by atoms with Crippen LogP contribution in [-0.4, -0.2) is 59.5 Å². The van der Waals surface area contributed by atoms with Crippen LogP contribution in [0, 0.1) is 0 Å². The largest absolute Gasteiger partial charge is 0.747 e. The number of aromatic nitrogens is 4. The highest BCUT2D eigenvalue weighted by Crippen LogP contribution is 2.39. The van der Waals surface area contributed by atoms with Gasteiger partial charge in [-0.25, -0.2) is 4.98 Å². The predicted octanol–water partition coefficient (Wildman–Crippen LogP) is -0.397. The molecule has 19 heteroatoms. The lowest BCUT2D eigenvalue weighted by Gasteiger charge is -2.17. The van der Waals surface area contributed by atoms with E-state index in [2.05, 4.69) is 33.8 Å². The van der Waals surface area contributed by atoms with E-state index >= 15 is 0 Å². The summed E-state index contributed by atoms with van der Waals surface area (Å²) in [5.74, 6) is -0.702. The summed E-state index contributed by atoms with van der Waals surface area (Å²) in [5.41, 5.74) is 13.0. The van der Waals surface area contributed by atoms with Gasteiger partial charge in [0.15, 0.2) is 21.7 Å². The molecule has 2 unspecified atom stereocenters. The Kier molecular flexibility index (Phi) is 6.14. The Labute approximate surface area is 160 Å². The summed E-state index contributed by atoms with van der Waals surface area (Å²) in [6.45, 7) is -0.604. The van der Waals surface area contributed by atoms with Crippen molar-refractivity contribution in [2.75, 3.05) is 12.3 Å². The van der Waals surface area contributed by atoms with E-state index in [4.69, 9.17) is 20.9 Å². The van der Waals surface area contributed by atoms with Crippen LogP contribution in [0.3, 0.4) is 0 Å². The number of ether oxygens (including phenoxy) is 1. The number of aromatic amines is 1. The van der Waals surface area contributed by atoms with Gasteiger partial charge in [-0.15, -0.1) is 9.42 Å². The van der Waals surface area contributed by atoms with Crippen molar-refractivity contribution in [3.63, 3.8) is 0 Å². The number of rotatable bonds is 7. The van der Waals surface area contributed by atoms with Crippen molar-refractivity contribution in [3.05, 3.63) is 20.8 Å². The number of hydrogen-bond donors (Lipinski definition) is 5. The molecule has 0 aromatic carbocycles. The van der Waals surface area contributed by atoms with E-state index in [0.29, 0.717) is 0 Å². The number of nitrogens with two attached hydrogens (primary N) is 1. The number of aliphatic hydroxyl groups excluding tert-OH is 2. The molecule has 0 radical (unpaired) electrons. The van der Waals surface area contributed by atoms with Crippen LogP contribution in [-0.2, 0) is 22.7 Å². The molecule has 1 fully saturated rings. The van der Waals surface area contributed by atoms with Crippen LogP contribution in [0.4, 0.5) is 11.9 Å². The first-order valence-electron chi connectivity index (χ1n) is 7.51. The maximum atomic E-state index is 12.0. The zero-order chi connectivity index (χ0) is 21.3. The maximum Gasteiger partial charge on any atom is 0.747 e. The van der Waals surface area contributed by atoms with Crippen LogP contribution in [0.5, 0.6) is 0 Å². The Bertz CT molecular complexity index is 1080. The van der Waals surface area contributed by atoms with Gasteiger partial charge in [-0.2, -0.15) is 4.98 Å². The second kappa shape index (κ2) is 8.42. The molecule has 0 bridgehead atoms. The van der Waals surface area contributed by atoms with Gasteiger partial charge < -0.3 is 20.7 Å². The Morgan fingerprint density at radius 2 is 2.10 bits per heavy atom. The lowest BCUT2D eigenvalue weighted by atomic mass is 10.1. The average Bonchev–Trinajstić information content (AvgIpc) is 3.11. The molecule has 6 atom stereocenters. The minimum absolute atomic E-state index is 0.196. The van der Waals surface area contributed by atoms with Crippen LogP contribution >= 0.6 is 16.5 Å². The fourth-order valence-electron chi connectivity index (χ4n) is 2.63. The summed E-state index contributed by atoms with van der Waals surface area (Å²) >= 11 is 0. The molecule has 2 aromatic heterocycles. The third-order valence-corrected chi connectivity index (χ3v) is 5.21. The Hall–Kier alpha value is -2.58. The fourth-order valence-corrected chi connectivity index (χ4v) is 3.54. The summed E-state index contributed by atoms with van der Waals surface area (Å²) in [7, 11) is -6.17. The number of nitrogen functional groups attached to an aromatic ring is 1. The fraction of sp³-hybridized carbons (Fsp3) is 0.500. The minimum Gasteiger partial charge on any atom is -0.387 e. The molecular formula is C10H12N8O9P2+2. The highest BCUT2D eigenvalue weighted by molar-refractivity contribution is 7.47. The number of nitrogens with one attached hydrogen (secondary N) is 1. The molecule has 17 nitrogen and oxygen atoms in total. The monoisotopic (exact) mass is 450 g/mol. The van der Waals surface area contributed by atoms with Gasteiger partial charge in [0.05, 0.1) is 0 Å². The molecule has 0 saturated carbocycles.